The fraction of sp³-hybridized carbons (Fsp3) is 0.308. The number of thiazole rings is 1. The highest BCUT2D eigenvalue weighted by Gasteiger charge is 2.21. The van der Waals surface area contributed by atoms with Crippen molar-refractivity contribution in [2.24, 2.45) is 0 Å². The van der Waals surface area contributed by atoms with E-state index < -0.39 is 5.97 Å². The fourth-order valence-electron chi connectivity index (χ4n) is 3.93. The number of ether oxygens (including phenoxy) is 1. The first-order valence-electron chi connectivity index (χ1n) is 11.1. The van der Waals surface area contributed by atoms with E-state index in [4.69, 9.17) is 4.74 Å². The third-order valence-electron chi connectivity index (χ3n) is 5.64. The van der Waals surface area contributed by atoms with Crippen molar-refractivity contribution >= 4 is 35.8 Å². The average molecular weight is 505 g/mol. The van der Waals surface area contributed by atoms with Gasteiger partial charge in [-0.25, -0.2) is 18.6 Å². The topological polar surface area (TPSA) is 42.4 Å². The number of piperidine rings is 1. The van der Waals surface area contributed by atoms with Crippen molar-refractivity contribution in [1.82, 2.24) is 9.88 Å². The smallest absolute Gasteiger partial charge is 0.367 e. The van der Waals surface area contributed by atoms with Crippen molar-refractivity contribution in [2.45, 2.75) is 26.2 Å². The fourth-order valence-corrected chi connectivity index (χ4v) is 4.90. The van der Waals surface area contributed by atoms with Crippen LogP contribution in [0, 0.1) is 11.6 Å². The van der Waals surface area contributed by atoms with Crippen molar-refractivity contribution in [3.05, 3.63) is 81.2 Å². The second kappa shape index (κ2) is 12.2. The van der Waals surface area contributed by atoms with Crippen LogP contribution in [-0.4, -0.2) is 42.1 Å². The standard InChI is InChI=1S/C26H26F2N2O2S.ClH/c1-2-32-26(31)25-29-24(20-6-8-21(27)9-7-20)23(33-25)12-15-30-13-10-18(11-14-30)16-19-4-3-5-22(28)17-19;/h3-9,16-17H,2,10-15H2,1H3;1H. The molecule has 2 heterocycles. The second-order valence-corrected chi connectivity index (χ2v) is 9.05. The van der Waals surface area contributed by atoms with Crippen LogP contribution in [0.25, 0.3) is 17.3 Å². The highest BCUT2D eigenvalue weighted by atomic mass is 35.5. The molecule has 0 bridgehead atoms. The van der Waals surface area contributed by atoms with E-state index in [1.54, 1.807) is 31.2 Å². The number of hydrogen-bond acceptors (Lipinski definition) is 5. The minimum absolute atomic E-state index is 0. The normalized spacial score (nSPS) is 13.9. The lowest BCUT2D eigenvalue weighted by molar-refractivity contribution is 0.0526. The number of likely N-dealkylation sites (tertiary alicyclic amines) is 1. The molecular weight excluding hydrogens is 478 g/mol. The molecule has 0 atom stereocenters. The highest BCUT2D eigenvalue weighted by Crippen LogP contribution is 2.30. The van der Waals surface area contributed by atoms with Gasteiger partial charge in [-0.3, -0.25) is 0 Å². The summed E-state index contributed by atoms with van der Waals surface area (Å²) >= 11 is 1.35. The molecule has 0 N–H and O–H groups in total. The minimum Gasteiger partial charge on any atom is -0.461 e. The molecule has 0 saturated carbocycles. The lowest BCUT2D eigenvalue weighted by Crippen LogP contribution is -2.32. The van der Waals surface area contributed by atoms with Gasteiger partial charge in [0.2, 0.25) is 5.01 Å². The third-order valence-corrected chi connectivity index (χ3v) is 6.73. The zero-order chi connectivity index (χ0) is 23.2. The summed E-state index contributed by atoms with van der Waals surface area (Å²) in [6, 6.07) is 12.8. The van der Waals surface area contributed by atoms with Gasteiger partial charge in [-0.15, -0.1) is 23.7 Å². The van der Waals surface area contributed by atoms with Crippen molar-refractivity contribution < 1.29 is 18.3 Å². The second-order valence-electron chi connectivity index (χ2n) is 7.97. The number of nitrogens with zero attached hydrogens (tertiary/aromatic N) is 2. The van der Waals surface area contributed by atoms with Gasteiger partial charge in [0.05, 0.1) is 12.3 Å². The molecule has 1 aliphatic rings. The Morgan fingerprint density at radius 2 is 1.85 bits per heavy atom. The van der Waals surface area contributed by atoms with Crippen LogP contribution in [0.5, 0.6) is 0 Å². The first-order valence-corrected chi connectivity index (χ1v) is 11.9. The molecule has 1 fully saturated rings. The quantitative estimate of drug-likeness (QED) is 0.349. The molecule has 0 spiro atoms. The van der Waals surface area contributed by atoms with Gasteiger partial charge < -0.3 is 9.64 Å². The Kier molecular flexibility index (Phi) is 9.33. The molecule has 34 heavy (non-hydrogen) atoms. The molecular formula is C26H27ClF2N2O2S. The van der Waals surface area contributed by atoms with Gasteiger partial charge >= 0.3 is 5.97 Å². The Morgan fingerprint density at radius 3 is 2.53 bits per heavy atom. The number of benzene rings is 2. The molecule has 0 radical (unpaired) electrons. The van der Waals surface area contributed by atoms with E-state index in [-0.39, 0.29) is 24.0 Å². The summed E-state index contributed by atoms with van der Waals surface area (Å²) in [4.78, 5) is 20.1. The number of aromatic nitrogens is 1. The number of hydrogen-bond donors (Lipinski definition) is 0. The SMILES string of the molecule is CCOC(=O)c1nc(-c2ccc(F)cc2)c(CCN2CCC(=Cc3cccc(F)c3)CC2)s1.Cl. The maximum Gasteiger partial charge on any atom is 0.367 e. The molecule has 1 saturated heterocycles. The summed E-state index contributed by atoms with van der Waals surface area (Å²) in [6.07, 6.45) is 4.71. The Bertz CT molecular complexity index is 1140. The molecule has 3 aromatic rings. The zero-order valence-corrected chi connectivity index (χ0v) is 20.6. The Morgan fingerprint density at radius 1 is 1.12 bits per heavy atom. The highest BCUT2D eigenvalue weighted by molar-refractivity contribution is 7.14. The zero-order valence-electron chi connectivity index (χ0n) is 18.9. The summed E-state index contributed by atoms with van der Waals surface area (Å²) in [5, 5.41) is 0.324. The number of halogens is 3. The van der Waals surface area contributed by atoms with E-state index in [1.165, 1.54) is 35.1 Å². The van der Waals surface area contributed by atoms with Crippen LogP contribution in [-0.2, 0) is 11.2 Å². The number of esters is 1. The molecule has 4 rings (SSSR count). The van der Waals surface area contributed by atoms with Crippen LogP contribution in [0.15, 0.2) is 54.1 Å². The Labute approximate surface area is 208 Å². The van der Waals surface area contributed by atoms with E-state index in [9.17, 15) is 13.6 Å². The number of carbonyl (C=O) groups excluding carboxylic acids is 1. The largest absolute Gasteiger partial charge is 0.461 e. The molecule has 2 aromatic carbocycles. The Balaban J connectivity index is 0.00000324. The minimum atomic E-state index is -0.429. The van der Waals surface area contributed by atoms with Crippen LogP contribution in [0.2, 0.25) is 0 Å². The van der Waals surface area contributed by atoms with Crippen LogP contribution in [0.4, 0.5) is 8.78 Å². The lowest BCUT2D eigenvalue weighted by Gasteiger charge is -2.28. The monoisotopic (exact) mass is 504 g/mol. The summed E-state index contributed by atoms with van der Waals surface area (Å²) in [7, 11) is 0. The molecule has 1 aliphatic heterocycles. The third kappa shape index (κ3) is 6.72. The first kappa shape index (κ1) is 26.0. The van der Waals surface area contributed by atoms with Gasteiger partial charge in [0.15, 0.2) is 0 Å². The summed E-state index contributed by atoms with van der Waals surface area (Å²) in [6.45, 7) is 4.75. The van der Waals surface area contributed by atoms with Crippen molar-refractivity contribution in [3.8, 4) is 11.3 Å². The van der Waals surface area contributed by atoms with Crippen LogP contribution >= 0.6 is 23.7 Å². The van der Waals surface area contributed by atoms with Crippen LogP contribution in [0.3, 0.4) is 0 Å². The van der Waals surface area contributed by atoms with Gasteiger partial charge in [0.1, 0.15) is 11.6 Å². The molecule has 1 aromatic heterocycles. The van der Waals surface area contributed by atoms with Crippen molar-refractivity contribution in [3.63, 3.8) is 0 Å². The predicted molar refractivity (Wildman–Crippen MR) is 134 cm³/mol. The average Bonchev–Trinajstić information content (AvgIpc) is 3.24. The molecule has 0 aliphatic carbocycles. The molecule has 180 valence electrons. The molecule has 0 unspecified atom stereocenters. The maximum absolute atomic E-state index is 13.4. The van der Waals surface area contributed by atoms with E-state index >= 15 is 0 Å². The summed E-state index contributed by atoms with van der Waals surface area (Å²) in [5.74, 6) is -0.954. The van der Waals surface area contributed by atoms with Crippen molar-refractivity contribution in [2.75, 3.05) is 26.2 Å². The molecule has 0 amide bonds. The predicted octanol–water partition coefficient (Wildman–Crippen LogP) is 6.41. The number of rotatable bonds is 7. The molecule has 4 nitrogen and oxygen atoms in total. The summed E-state index contributed by atoms with van der Waals surface area (Å²) < 4.78 is 31.9. The number of carbonyl (C=O) groups is 1. The van der Waals surface area contributed by atoms with Gasteiger partial charge in [-0.1, -0.05) is 23.8 Å². The van der Waals surface area contributed by atoms with Crippen molar-refractivity contribution in [1.29, 1.82) is 0 Å². The van der Waals surface area contributed by atoms with Gasteiger partial charge in [-0.2, -0.15) is 0 Å². The van der Waals surface area contributed by atoms with E-state index in [1.807, 2.05) is 6.07 Å². The lowest BCUT2D eigenvalue weighted by atomic mass is 10.0. The van der Waals surface area contributed by atoms with Gasteiger partial charge in [-0.05, 0) is 68.1 Å². The van der Waals surface area contributed by atoms with Crippen LogP contribution < -0.4 is 0 Å². The maximum atomic E-state index is 13.4. The van der Waals surface area contributed by atoms with E-state index in [2.05, 4.69) is 16.0 Å². The van der Waals surface area contributed by atoms with Crippen LogP contribution in [0.1, 0.15) is 40.0 Å². The van der Waals surface area contributed by atoms with E-state index in [0.29, 0.717) is 17.3 Å². The molecule has 8 heteroatoms. The van der Waals surface area contributed by atoms with E-state index in [0.717, 1.165) is 54.9 Å². The first-order chi connectivity index (χ1) is 16.0. The van der Waals surface area contributed by atoms with Gasteiger partial charge in [0, 0.05) is 30.1 Å². The Hall–Kier alpha value is -2.61. The summed E-state index contributed by atoms with van der Waals surface area (Å²) in [5.41, 5.74) is 3.73. The van der Waals surface area contributed by atoms with Gasteiger partial charge in [0.25, 0.3) is 0 Å².